The minimum absolute atomic E-state index is 0.0226. The average Bonchev–Trinajstić information content (AvgIpc) is 3.44. The van der Waals surface area contributed by atoms with Gasteiger partial charge in [0.2, 0.25) is 5.91 Å². The average molecular weight is 352 g/mol. The highest BCUT2D eigenvalue weighted by Crippen LogP contribution is 2.41. The van der Waals surface area contributed by atoms with Gasteiger partial charge in [-0.3, -0.25) is 9.59 Å². The Morgan fingerprint density at radius 3 is 2.68 bits per heavy atom. The summed E-state index contributed by atoms with van der Waals surface area (Å²) < 4.78 is 0. The molecule has 5 heteroatoms. The molecule has 1 fully saturated rings. The van der Waals surface area contributed by atoms with Crippen LogP contribution >= 0.6 is 11.8 Å². The van der Waals surface area contributed by atoms with E-state index in [1.807, 2.05) is 12.1 Å². The summed E-state index contributed by atoms with van der Waals surface area (Å²) in [5.41, 5.74) is 3.68. The number of anilines is 1. The van der Waals surface area contributed by atoms with Crippen LogP contribution in [0.15, 0.2) is 47.4 Å². The fourth-order valence-electron chi connectivity index (χ4n) is 3.13. The molecular weight excluding hydrogens is 332 g/mol. The third-order valence-corrected chi connectivity index (χ3v) is 5.76. The number of nitrogens with one attached hydrogen (secondary N) is 2. The first-order valence-electron chi connectivity index (χ1n) is 8.54. The van der Waals surface area contributed by atoms with E-state index in [1.54, 1.807) is 6.07 Å². The Labute approximate surface area is 151 Å². The molecular formula is C20H20N2O2S. The van der Waals surface area contributed by atoms with Gasteiger partial charge in [0.05, 0.1) is 17.5 Å². The van der Waals surface area contributed by atoms with Crippen LogP contribution in [0, 0.1) is 12.8 Å². The highest BCUT2D eigenvalue weighted by molar-refractivity contribution is 8.00. The zero-order chi connectivity index (χ0) is 17.4. The van der Waals surface area contributed by atoms with E-state index >= 15 is 0 Å². The number of amides is 2. The lowest BCUT2D eigenvalue weighted by molar-refractivity contribution is -0.113. The van der Waals surface area contributed by atoms with E-state index in [4.69, 9.17) is 0 Å². The summed E-state index contributed by atoms with van der Waals surface area (Å²) in [6, 6.07) is 13.9. The number of hydrogen-bond donors (Lipinski definition) is 2. The first-order valence-corrected chi connectivity index (χ1v) is 9.53. The minimum Gasteiger partial charge on any atom is -0.345 e. The summed E-state index contributed by atoms with van der Waals surface area (Å²) in [5.74, 6) is 0.825. The summed E-state index contributed by atoms with van der Waals surface area (Å²) in [7, 11) is 0. The lowest BCUT2D eigenvalue weighted by Gasteiger charge is -2.20. The molecule has 4 rings (SSSR count). The molecule has 2 amide bonds. The summed E-state index contributed by atoms with van der Waals surface area (Å²) in [6.45, 7) is 2.06. The zero-order valence-corrected chi connectivity index (χ0v) is 14.9. The Morgan fingerprint density at radius 2 is 1.96 bits per heavy atom. The molecule has 0 bridgehead atoms. The van der Waals surface area contributed by atoms with E-state index in [0.29, 0.717) is 17.2 Å². The molecule has 1 heterocycles. The van der Waals surface area contributed by atoms with Crippen molar-refractivity contribution >= 4 is 29.3 Å². The normalized spacial score (nSPS) is 17.4. The Balaban J connectivity index is 1.55. The van der Waals surface area contributed by atoms with Gasteiger partial charge in [0.1, 0.15) is 0 Å². The van der Waals surface area contributed by atoms with Gasteiger partial charge in [0.15, 0.2) is 0 Å². The maximum Gasteiger partial charge on any atom is 0.251 e. The number of carbonyl (C=O) groups is 2. The van der Waals surface area contributed by atoms with Gasteiger partial charge in [-0.05, 0) is 49.4 Å². The monoisotopic (exact) mass is 352 g/mol. The standard InChI is InChI=1S/C20H20N2O2S/c1-12-2-4-13(5-3-12)19(14-6-7-14)22-20(24)15-8-9-17-16(10-15)21-18(23)11-25-17/h2-5,8-10,14,19H,6-7,11H2,1H3,(H,21,23)(H,22,24). The van der Waals surface area contributed by atoms with Gasteiger partial charge in [0.25, 0.3) is 5.91 Å². The second kappa shape index (κ2) is 6.56. The number of aryl methyl sites for hydroxylation is 1. The largest absolute Gasteiger partial charge is 0.345 e. The summed E-state index contributed by atoms with van der Waals surface area (Å²) in [4.78, 5) is 25.3. The molecule has 128 valence electrons. The molecule has 1 saturated carbocycles. The van der Waals surface area contributed by atoms with Crippen LogP contribution in [0.2, 0.25) is 0 Å². The lowest BCUT2D eigenvalue weighted by atomic mass is 10.0. The molecule has 2 aliphatic rings. The van der Waals surface area contributed by atoms with Crippen LogP contribution in [-0.2, 0) is 4.79 Å². The van der Waals surface area contributed by atoms with Crippen molar-refractivity contribution in [3.05, 3.63) is 59.2 Å². The Kier molecular flexibility index (Phi) is 4.25. The van der Waals surface area contributed by atoms with Crippen molar-refractivity contribution < 1.29 is 9.59 Å². The van der Waals surface area contributed by atoms with Gasteiger partial charge in [-0.2, -0.15) is 0 Å². The van der Waals surface area contributed by atoms with Crippen LogP contribution in [0.25, 0.3) is 0 Å². The smallest absolute Gasteiger partial charge is 0.251 e. The molecule has 0 radical (unpaired) electrons. The van der Waals surface area contributed by atoms with E-state index in [9.17, 15) is 9.59 Å². The number of benzene rings is 2. The van der Waals surface area contributed by atoms with Crippen molar-refractivity contribution in [1.29, 1.82) is 0 Å². The molecule has 1 unspecified atom stereocenters. The van der Waals surface area contributed by atoms with Crippen molar-refractivity contribution in [2.75, 3.05) is 11.1 Å². The molecule has 1 aliphatic heterocycles. The third-order valence-electron chi connectivity index (χ3n) is 4.69. The van der Waals surface area contributed by atoms with Crippen LogP contribution in [0.3, 0.4) is 0 Å². The van der Waals surface area contributed by atoms with E-state index in [2.05, 4.69) is 41.8 Å². The molecule has 2 aromatic rings. The van der Waals surface area contributed by atoms with Gasteiger partial charge >= 0.3 is 0 Å². The van der Waals surface area contributed by atoms with E-state index in [1.165, 1.54) is 17.3 Å². The van der Waals surface area contributed by atoms with Gasteiger partial charge in [0, 0.05) is 10.5 Å². The van der Waals surface area contributed by atoms with Crippen LogP contribution in [0.4, 0.5) is 5.69 Å². The second-order valence-corrected chi connectivity index (χ2v) is 7.76. The van der Waals surface area contributed by atoms with Crippen molar-refractivity contribution in [1.82, 2.24) is 5.32 Å². The predicted molar refractivity (Wildman–Crippen MR) is 99.9 cm³/mol. The zero-order valence-electron chi connectivity index (χ0n) is 14.0. The first kappa shape index (κ1) is 16.2. The van der Waals surface area contributed by atoms with E-state index in [-0.39, 0.29) is 17.9 Å². The Bertz CT molecular complexity index is 828. The van der Waals surface area contributed by atoms with Crippen molar-refractivity contribution in [2.24, 2.45) is 5.92 Å². The number of rotatable bonds is 4. The fraction of sp³-hybridized carbons (Fsp3) is 0.300. The van der Waals surface area contributed by atoms with Crippen molar-refractivity contribution in [2.45, 2.75) is 30.7 Å². The molecule has 0 saturated heterocycles. The summed E-state index contributed by atoms with van der Waals surface area (Å²) in [6.07, 6.45) is 2.30. The quantitative estimate of drug-likeness (QED) is 0.877. The molecule has 1 aliphatic carbocycles. The molecule has 0 aromatic heterocycles. The Morgan fingerprint density at radius 1 is 1.20 bits per heavy atom. The van der Waals surface area contributed by atoms with Crippen LogP contribution in [0.5, 0.6) is 0 Å². The number of carbonyl (C=O) groups excluding carboxylic acids is 2. The maximum atomic E-state index is 12.8. The molecule has 2 aromatic carbocycles. The topological polar surface area (TPSA) is 58.2 Å². The highest BCUT2D eigenvalue weighted by Gasteiger charge is 2.33. The lowest BCUT2D eigenvalue weighted by Crippen LogP contribution is -2.30. The predicted octanol–water partition coefficient (Wildman–Crippen LogP) is 3.92. The maximum absolute atomic E-state index is 12.8. The van der Waals surface area contributed by atoms with E-state index < -0.39 is 0 Å². The van der Waals surface area contributed by atoms with Crippen LogP contribution in [-0.4, -0.2) is 17.6 Å². The number of hydrogen-bond acceptors (Lipinski definition) is 3. The Hall–Kier alpha value is -2.27. The number of thioether (sulfide) groups is 1. The van der Waals surface area contributed by atoms with Gasteiger partial charge in [-0.15, -0.1) is 11.8 Å². The van der Waals surface area contributed by atoms with Gasteiger partial charge < -0.3 is 10.6 Å². The minimum atomic E-state index is -0.0925. The molecule has 1 atom stereocenters. The van der Waals surface area contributed by atoms with Crippen molar-refractivity contribution in [3.8, 4) is 0 Å². The summed E-state index contributed by atoms with van der Waals surface area (Å²) >= 11 is 1.50. The SMILES string of the molecule is Cc1ccc(C(NC(=O)c2ccc3c(c2)NC(=O)CS3)C2CC2)cc1. The third kappa shape index (κ3) is 3.56. The molecule has 25 heavy (non-hydrogen) atoms. The first-order chi connectivity index (χ1) is 12.1. The number of fused-ring (bicyclic) bond motifs is 1. The van der Waals surface area contributed by atoms with Crippen LogP contribution < -0.4 is 10.6 Å². The summed E-state index contributed by atoms with van der Waals surface area (Å²) in [5, 5.41) is 6.03. The van der Waals surface area contributed by atoms with Gasteiger partial charge in [-0.25, -0.2) is 0 Å². The highest BCUT2D eigenvalue weighted by atomic mass is 32.2. The molecule has 0 spiro atoms. The van der Waals surface area contributed by atoms with Crippen LogP contribution in [0.1, 0.15) is 40.4 Å². The van der Waals surface area contributed by atoms with E-state index in [0.717, 1.165) is 29.0 Å². The molecule has 2 N–H and O–H groups in total. The van der Waals surface area contributed by atoms with Gasteiger partial charge in [-0.1, -0.05) is 29.8 Å². The second-order valence-electron chi connectivity index (χ2n) is 6.75. The molecule has 4 nitrogen and oxygen atoms in total. The fourth-order valence-corrected chi connectivity index (χ4v) is 3.91. The van der Waals surface area contributed by atoms with Crippen molar-refractivity contribution in [3.63, 3.8) is 0 Å².